The molecule has 0 aliphatic carbocycles. The topological polar surface area (TPSA) is 79.4 Å². The molecule has 1 N–H and O–H groups in total. The summed E-state index contributed by atoms with van der Waals surface area (Å²) in [5, 5.41) is 12.7. The van der Waals surface area contributed by atoms with Gasteiger partial charge in [0.15, 0.2) is 0 Å². The first-order chi connectivity index (χ1) is 12.3. The van der Waals surface area contributed by atoms with E-state index >= 15 is 0 Å². The summed E-state index contributed by atoms with van der Waals surface area (Å²) in [4.78, 5) is 10.4. The van der Waals surface area contributed by atoms with Gasteiger partial charge in [-0.25, -0.2) is 5.43 Å². The number of nitrogens with zero attached hydrogens (tertiary/aromatic N) is 3. The molecule has 0 radical (unpaired) electrons. The van der Waals surface area contributed by atoms with E-state index in [2.05, 4.69) is 10.5 Å². The van der Waals surface area contributed by atoms with Gasteiger partial charge in [-0.05, 0) is 18.2 Å². The van der Waals surface area contributed by atoms with Crippen LogP contribution in [-0.4, -0.2) is 30.4 Å². The average Bonchev–Trinajstić information content (AvgIpc) is 2.98. The number of carbonyl (C=O) groups excluding carboxylic acids is 1. The maximum atomic E-state index is 13.6. The molecule has 1 aromatic carbocycles. The zero-order valence-electron chi connectivity index (χ0n) is 14.0. The minimum absolute atomic E-state index is 0.0645. The third-order valence-electron chi connectivity index (χ3n) is 3.70. The highest BCUT2D eigenvalue weighted by Gasteiger charge is 2.35. The summed E-state index contributed by atoms with van der Waals surface area (Å²) in [5.74, 6) is 0. The molecular formula is C17H15F3N4O2. The van der Waals surface area contributed by atoms with Gasteiger partial charge in [0.1, 0.15) is 11.8 Å². The smallest absolute Gasteiger partial charge is 0.378 e. The summed E-state index contributed by atoms with van der Waals surface area (Å²) < 4.78 is 47.2. The highest BCUT2D eigenvalue weighted by Crippen LogP contribution is 2.38. The van der Waals surface area contributed by atoms with Gasteiger partial charge in [-0.15, -0.1) is 0 Å². The molecule has 0 saturated carbocycles. The molecule has 6 nitrogen and oxygen atoms in total. The number of aromatic nitrogens is 1. The number of rotatable bonds is 6. The van der Waals surface area contributed by atoms with Crippen molar-refractivity contribution in [2.75, 3.05) is 13.7 Å². The van der Waals surface area contributed by atoms with E-state index in [-0.39, 0.29) is 34.8 Å². The number of halogens is 3. The first-order valence-electron chi connectivity index (χ1n) is 7.36. The van der Waals surface area contributed by atoms with E-state index in [9.17, 15) is 18.0 Å². The van der Waals surface area contributed by atoms with Crippen molar-refractivity contribution in [2.45, 2.75) is 6.18 Å². The molecule has 0 saturated heterocycles. The summed E-state index contributed by atoms with van der Waals surface area (Å²) >= 11 is 0. The van der Waals surface area contributed by atoms with Gasteiger partial charge in [0.2, 0.25) is 6.41 Å². The van der Waals surface area contributed by atoms with E-state index in [1.165, 1.54) is 43.0 Å². The Morgan fingerprint density at radius 2 is 2.12 bits per heavy atom. The Hall–Kier alpha value is -3.12. The van der Waals surface area contributed by atoms with Crippen LogP contribution in [0.5, 0.6) is 0 Å². The number of nitrogens with one attached hydrogen (secondary N) is 1. The Morgan fingerprint density at radius 1 is 1.38 bits per heavy atom. The SMILES string of the molecule is COC/C(=N\NC=O)c1ccc(-c2ccc(C#N)n2C)c(C(F)(F)F)c1. The largest absolute Gasteiger partial charge is 0.417 e. The maximum absolute atomic E-state index is 13.6. The van der Waals surface area contributed by atoms with Gasteiger partial charge in [-0.2, -0.15) is 23.5 Å². The highest BCUT2D eigenvalue weighted by molar-refractivity contribution is 6.02. The number of methoxy groups -OCH3 is 1. The number of alkyl halides is 3. The molecule has 0 aliphatic heterocycles. The fourth-order valence-electron chi connectivity index (χ4n) is 2.50. The number of nitriles is 1. The second-order valence-corrected chi connectivity index (χ2v) is 5.27. The number of ether oxygens (including phenoxy) is 1. The second kappa shape index (κ2) is 7.84. The molecule has 26 heavy (non-hydrogen) atoms. The average molecular weight is 364 g/mol. The lowest BCUT2D eigenvalue weighted by molar-refractivity contribution is -0.137. The molecule has 1 aromatic heterocycles. The summed E-state index contributed by atoms with van der Waals surface area (Å²) in [6, 6.07) is 8.53. The normalized spacial score (nSPS) is 11.9. The molecule has 0 fully saturated rings. The van der Waals surface area contributed by atoms with Crippen LogP contribution in [0.2, 0.25) is 0 Å². The van der Waals surface area contributed by atoms with Crippen molar-refractivity contribution in [3.63, 3.8) is 0 Å². The number of benzene rings is 1. The molecular weight excluding hydrogens is 349 g/mol. The lowest BCUT2D eigenvalue weighted by Gasteiger charge is -2.16. The monoisotopic (exact) mass is 364 g/mol. The van der Waals surface area contributed by atoms with Crippen LogP contribution in [0.1, 0.15) is 16.8 Å². The zero-order valence-corrected chi connectivity index (χ0v) is 14.0. The molecule has 136 valence electrons. The van der Waals surface area contributed by atoms with Gasteiger partial charge in [-0.1, -0.05) is 12.1 Å². The molecule has 2 rings (SSSR count). The predicted molar refractivity (Wildman–Crippen MR) is 88.2 cm³/mol. The summed E-state index contributed by atoms with van der Waals surface area (Å²) in [7, 11) is 2.89. The van der Waals surface area contributed by atoms with Crippen LogP contribution in [0.15, 0.2) is 35.4 Å². The Kier molecular flexibility index (Phi) is 5.79. The van der Waals surface area contributed by atoms with Crippen molar-refractivity contribution in [3.05, 3.63) is 47.2 Å². The van der Waals surface area contributed by atoms with E-state index in [0.29, 0.717) is 6.41 Å². The van der Waals surface area contributed by atoms with Crippen molar-refractivity contribution in [3.8, 4) is 17.3 Å². The molecule has 0 unspecified atom stereocenters. The number of carbonyl (C=O) groups is 1. The molecule has 1 heterocycles. The van der Waals surface area contributed by atoms with Gasteiger partial charge in [0.05, 0.1) is 17.9 Å². The molecule has 1 amide bonds. The predicted octanol–water partition coefficient (Wildman–Crippen LogP) is 2.68. The van der Waals surface area contributed by atoms with Crippen molar-refractivity contribution in [2.24, 2.45) is 12.1 Å². The van der Waals surface area contributed by atoms with Gasteiger partial charge in [0, 0.05) is 31.0 Å². The molecule has 0 spiro atoms. The summed E-state index contributed by atoms with van der Waals surface area (Å²) in [6.45, 7) is -0.0831. The molecule has 9 heteroatoms. The molecule has 0 bridgehead atoms. The fraction of sp³-hybridized carbons (Fsp3) is 0.235. The van der Waals surface area contributed by atoms with Gasteiger partial charge in [0.25, 0.3) is 0 Å². The van der Waals surface area contributed by atoms with E-state index in [1.807, 2.05) is 6.07 Å². The number of hydrazone groups is 1. The van der Waals surface area contributed by atoms with Crippen LogP contribution in [0, 0.1) is 11.3 Å². The zero-order chi connectivity index (χ0) is 19.3. The fourth-order valence-corrected chi connectivity index (χ4v) is 2.50. The minimum atomic E-state index is -4.63. The highest BCUT2D eigenvalue weighted by atomic mass is 19.4. The van der Waals surface area contributed by atoms with Gasteiger partial charge in [-0.3, -0.25) is 4.79 Å². The van der Waals surface area contributed by atoms with Crippen LogP contribution >= 0.6 is 0 Å². The second-order valence-electron chi connectivity index (χ2n) is 5.27. The van der Waals surface area contributed by atoms with Crippen molar-refractivity contribution >= 4 is 12.1 Å². The Bertz CT molecular complexity index is 879. The third-order valence-corrected chi connectivity index (χ3v) is 3.70. The van der Waals surface area contributed by atoms with Crippen molar-refractivity contribution in [1.82, 2.24) is 9.99 Å². The van der Waals surface area contributed by atoms with Gasteiger partial charge >= 0.3 is 6.18 Å². The first-order valence-corrected chi connectivity index (χ1v) is 7.36. The lowest BCUT2D eigenvalue weighted by Crippen LogP contribution is -2.17. The van der Waals surface area contributed by atoms with Crippen LogP contribution in [-0.2, 0) is 22.8 Å². The van der Waals surface area contributed by atoms with E-state index < -0.39 is 11.7 Å². The Balaban J connectivity index is 2.64. The third kappa shape index (κ3) is 3.92. The lowest BCUT2D eigenvalue weighted by atomic mass is 9.98. The summed E-state index contributed by atoms with van der Waals surface area (Å²) in [6.07, 6.45) is -4.32. The first kappa shape index (κ1) is 19.2. The Labute approximate surface area is 147 Å². The van der Waals surface area contributed by atoms with E-state index in [4.69, 9.17) is 10.00 Å². The van der Waals surface area contributed by atoms with Crippen LogP contribution < -0.4 is 5.43 Å². The van der Waals surface area contributed by atoms with E-state index in [0.717, 1.165) is 6.07 Å². The van der Waals surface area contributed by atoms with Crippen LogP contribution in [0.3, 0.4) is 0 Å². The number of hydrogen-bond acceptors (Lipinski definition) is 4. The van der Waals surface area contributed by atoms with Gasteiger partial charge < -0.3 is 9.30 Å². The molecule has 0 aliphatic rings. The van der Waals surface area contributed by atoms with E-state index in [1.54, 1.807) is 0 Å². The van der Waals surface area contributed by atoms with Crippen LogP contribution in [0.4, 0.5) is 13.2 Å². The molecule has 2 aromatic rings. The maximum Gasteiger partial charge on any atom is 0.417 e. The number of hydrogen-bond donors (Lipinski definition) is 1. The molecule has 0 atom stereocenters. The van der Waals surface area contributed by atoms with Crippen LogP contribution in [0.25, 0.3) is 11.3 Å². The standard InChI is InChI=1S/C17H15F3N4O2/c1-24-12(8-21)4-6-16(24)13-5-3-11(7-14(13)17(18,19)20)15(9-26-2)23-22-10-25/h3-7,10H,9H2,1-2H3,(H,22,25)/b23-15+. The quantitative estimate of drug-likeness (QED) is 0.486. The number of amides is 1. The van der Waals surface area contributed by atoms with Crippen molar-refractivity contribution < 1.29 is 22.7 Å². The minimum Gasteiger partial charge on any atom is -0.378 e. The Morgan fingerprint density at radius 3 is 2.65 bits per heavy atom. The van der Waals surface area contributed by atoms with Crippen molar-refractivity contribution in [1.29, 1.82) is 5.26 Å². The summed E-state index contributed by atoms with van der Waals surface area (Å²) in [5.41, 5.74) is 1.92.